The van der Waals surface area contributed by atoms with E-state index in [1.807, 2.05) is 24.1 Å². The number of rotatable bonds is 6. The van der Waals surface area contributed by atoms with Gasteiger partial charge in [-0.2, -0.15) is 0 Å². The molecule has 1 rings (SSSR count). The number of aliphatic hydroxyl groups excluding tert-OH is 2. The Kier molecular flexibility index (Phi) is 5.18. The summed E-state index contributed by atoms with van der Waals surface area (Å²) < 4.78 is 4.85. The largest absolute Gasteiger partial charge is 0.392 e. The van der Waals surface area contributed by atoms with Crippen LogP contribution in [0, 0.1) is 0 Å². The van der Waals surface area contributed by atoms with E-state index in [-0.39, 0.29) is 6.61 Å². The van der Waals surface area contributed by atoms with Gasteiger partial charge in [0.15, 0.2) is 0 Å². The summed E-state index contributed by atoms with van der Waals surface area (Å²) in [5.74, 6) is 0.757. The van der Waals surface area contributed by atoms with E-state index in [2.05, 4.69) is 4.98 Å². The van der Waals surface area contributed by atoms with Gasteiger partial charge in [-0.3, -0.25) is 0 Å². The fourth-order valence-corrected chi connectivity index (χ4v) is 1.39. The zero-order valence-corrected chi connectivity index (χ0v) is 9.63. The molecule has 5 heteroatoms. The summed E-state index contributed by atoms with van der Waals surface area (Å²) in [5.41, 5.74) is 0.773. The molecule has 1 atom stereocenters. The minimum Gasteiger partial charge on any atom is -0.392 e. The molecule has 90 valence electrons. The molecule has 16 heavy (non-hydrogen) atoms. The maximum absolute atomic E-state index is 9.55. The highest BCUT2D eigenvalue weighted by atomic mass is 16.5. The summed E-state index contributed by atoms with van der Waals surface area (Å²) in [6.45, 7) is 0.752. The molecule has 1 unspecified atom stereocenters. The van der Waals surface area contributed by atoms with Crippen molar-refractivity contribution in [1.82, 2.24) is 4.98 Å². The molecule has 0 bridgehead atoms. The van der Waals surface area contributed by atoms with Gasteiger partial charge in [0.25, 0.3) is 0 Å². The monoisotopic (exact) mass is 226 g/mol. The van der Waals surface area contributed by atoms with Crippen LogP contribution in [-0.2, 0) is 11.3 Å². The number of hydrogen-bond donors (Lipinski definition) is 2. The van der Waals surface area contributed by atoms with Gasteiger partial charge in [-0.05, 0) is 11.6 Å². The van der Waals surface area contributed by atoms with Crippen molar-refractivity contribution in [3.05, 3.63) is 23.9 Å². The number of likely N-dealkylation sites (N-methyl/N-ethyl adjacent to an activating group) is 1. The lowest BCUT2D eigenvalue weighted by atomic mass is 10.3. The maximum Gasteiger partial charge on any atom is 0.128 e. The van der Waals surface area contributed by atoms with Gasteiger partial charge < -0.3 is 19.8 Å². The number of hydrogen-bond acceptors (Lipinski definition) is 5. The SMILES string of the molecule is COCC(O)CN(C)c1ccc(CO)cn1. The van der Waals surface area contributed by atoms with E-state index in [1.54, 1.807) is 13.3 Å². The Balaban J connectivity index is 2.55. The molecule has 0 aromatic carbocycles. The predicted octanol–water partition coefficient (Wildman–Crippen LogP) is 0.0174. The topological polar surface area (TPSA) is 65.8 Å². The van der Waals surface area contributed by atoms with Gasteiger partial charge in [0.2, 0.25) is 0 Å². The van der Waals surface area contributed by atoms with E-state index in [0.29, 0.717) is 13.2 Å². The highest BCUT2D eigenvalue weighted by Crippen LogP contribution is 2.09. The third-order valence-electron chi connectivity index (χ3n) is 2.23. The number of pyridine rings is 1. The number of aliphatic hydroxyl groups is 2. The van der Waals surface area contributed by atoms with Crippen LogP contribution in [0.5, 0.6) is 0 Å². The first kappa shape index (κ1) is 12.9. The summed E-state index contributed by atoms with van der Waals surface area (Å²) in [7, 11) is 3.40. The van der Waals surface area contributed by atoms with Crippen LogP contribution in [0.4, 0.5) is 5.82 Å². The van der Waals surface area contributed by atoms with Gasteiger partial charge in [0, 0.05) is 26.9 Å². The van der Waals surface area contributed by atoms with Crippen molar-refractivity contribution in [1.29, 1.82) is 0 Å². The molecule has 0 radical (unpaired) electrons. The highest BCUT2D eigenvalue weighted by Gasteiger charge is 2.09. The van der Waals surface area contributed by atoms with Crippen molar-refractivity contribution in [2.75, 3.05) is 32.2 Å². The van der Waals surface area contributed by atoms with Gasteiger partial charge in [-0.15, -0.1) is 0 Å². The Bertz CT molecular complexity index is 303. The minimum absolute atomic E-state index is 0.0106. The number of nitrogens with zero attached hydrogens (tertiary/aromatic N) is 2. The first-order valence-corrected chi connectivity index (χ1v) is 5.11. The molecule has 5 nitrogen and oxygen atoms in total. The lowest BCUT2D eigenvalue weighted by molar-refractivity contribution is 0.0694. The van der Waals surface area contributed by atoms with Gasteiger partial charge in [-0.25, -0.2) is 4.98 Å². The molecule has 2 N–H and O–H groups in total. The molecule has 0 aliphatic carbocycles. The first-order chi connectivity index (χ1) is 7.67. The van der Waals surface area contributed by atoms with Crippen LogP contribution in [0.2, 0.25) is 0 Å². The average Bonchev–Trinajstić information content (AvgIpc) is 2.29. The third-order valence-corrected chi connectivity index (χ3v) is 2.23. The van der Waals surface area contributed by atoms with Crippen LogP contribution >= 0.6 is 0 Å². The van der Waals surface area contributed by atoms with Crippen molar-refractivity contribution in [3.8, 4) is 0 Å². The number of anilines is 1. The van der Waals surface area contributed by atoms with Crippen molar-refractivity contribution in [2.45, 2.75) is 12.7 Å². The molecule has 0 saturated carbocycles. The summed E-state index contributed by atoms with van der Waals surface area (Å²) in [6.07, 6.45) is 1.09. The highest BCUT2D eigenvalue weighted by molar-refractivity contribution is 5.38. The Morgan fingerprint density at radius 2 is 2.25 bits per heavy atom. The second-order valence-corrected chi connectivity index (χ2v) is 3.67. The van der Waals surface area contributed by atoms with Crippen LogP contribution in [-0.4, -0.2) is 48.6 Å². The number of methoxy groups -OCH3 is 1. The van der Waals surface area contributed by atoms with Crippen LogP contribution in [0.25, 0.3) is 0 Å². The molecule has 0 aliphatic rings. The Morgan fingerprint density at radius 1 is 1.50 bits per heavy atom. The van der Waals surface area contributed by atoms with E-state index in [4.69, 9.17) is 9.84 Å². The van der Waals surface area contributed by atoms with E-state index >= 15 is 0 Å². The molecular weight excluding hydrogens is 208 g/mol. The first-order valence-electron chi connectivity index (χ1n) is 5.11. The van der Waals surface area contributed by atoms with Crippen LogP contribution in [0.15, 0.2) is 18.3 Å². The normalized spacial score (nSPS) is 12.5. The van der Waals surface area contributed by atoms with Crippen molar-refractivity contribution < 1.29 is 14.9 Å². The minimum atomic E-state index is -0.533. The molecule has 0 spiro atoms. The molecule has 0 amide bonds. The Labute approximate surface area is 95.3 Å². The fraction of sp³-hybridized carbons (Fsp3) is 0.545. The van der Waals surface area contributed by atoms with Gasteiger partial charge in [0.05, 0.1) is 19.3 Å². The predicted molar refractivity (Wildman–Crippen MR) is 61.3 cm³/mol. The summed E-state index contributed by atoms with van der Waals surface area (Å²) in [4.78, 5) is 6.01. The second-order valence-electron chi connectivity index (χ2n) is 3.67. The zero-order chi connectivity index (χ0) is 12.0. The molecular formula is C11H18N2O3. The standard InChI is InChI=1S/C11H18N2O3/c1-13(6-10(15)8-16-2)11-4-3-9(7-14)5-12-11/h3-5,10,14-15H,6-8H2,1-2H3. The molecule has 1 aromatic heterocycles. The van der Waals surface area contributed by atoms with Crippen LogP contribution < -0.4 is 4.90 Å². The van der Waals surface area contributed by atoms with E-state index in [0.717, 1.165) is 11.4 Å². The van der Waals surface area contributed by atoms with Crippen molar-refractivity contribution in [2.24, 2.45) is 0 Å². The average molecular weight is 226 g/mol. The zero-order valence-electron chi connectivity index (χ0n) is 9.63. The van der Waals surface area contributed by atoms with Crippen molar-refractivity contribution >= 4 is 5.82 Å². The molecule has 0 aliphatic heterocycles. The number of ether oxygens (including phenoxy) is 1. The van der Waals surface area contributed by atoms with E-state index in [9.17, 15) is 5.11 Å². The van der Waals surface area contributed by atoms with Gasteiger partial charge >= 0.3 is 0 Å². The quantitative estimate of drug-likeness (QED) is 0.715. The fourth-order valence-electron chi connectivity index (χ4n) is 1.39. The summed E-state index contributed by atoms with van der Waals surface area (Å²) >= 11 is 0. The van der Waals surface area contributed by atoms with E-state index < -0.39 is 6.10 Å². The maximum atomic E-state index is 9.55. The van der Waals surface area contributed by atoms with Gasteiger partial charge in [0.1, 0.15) is 5.82 Å². The van der Waals surface area contributed by atoms with Crippen LogP contribution in [0.1, 0.15) is 5.56 Å². The Morgan fingerprint density at radius 3 is 2.75 bits per heavy atom. The lowest BCUT2D eigenvalue weighted by Crippen LogP contribution is -2.32. The smallest absolute Gasteiger partial charge is 0.128 e. The molecule has 0 saturated heterocycles. The van der Waals surface area contributed by atoms with E-state index in [1.165, 1.54) is 0 Å². The van der Waals surface area contributed by atoms with Crippen LogP contribution in [0.3, 0.4) is 0 Å². The summed E-state index contributed by atoms with van der Waals surface area (Å²) in [5, 5.41) is 18.4. The number of aromatic nitrogens is 1. The molecule has 0 fully saturated rings. The Hall–Kier alpha value is -1.17. The summed E-state index contributed by atoms with van der Waals surface area (Å²) in [6, 6.07) is 3.62. The second kappa shape index (κ2) is 6.42. The van der Waals surface area contributed by atoms with Gasteiger partial charge in [-0.1, -0.05) is 6.07 Å². The third kappa shape index (κ3) is 3.77. The lowest BCUT2D eigenvalue weighted by Gasteiger charge is -2.21. The molecule has 1 aromatic rings. The molecule has 1 heterocycles. The van der Waals surface area contributed by atoms with Crippen molar-refractivity contribution in [3.63, 3.8) is 0 Å².